The molecule has 1 aromatic heterocycles. The van der Waals surface area contributed by atoms with E-state index in [1.165, 1.54) is 0 Å². The number of hydrogen-bond acceptors (Lipinski definition) is 1. The van der Waals surface area contributed by atoms with E-state index in [9.17, 15) is 4.79 Å². The van der Waals surface area contributed by atoms with Gasteiger partial charge in [0.2, 0.25) is 0 Å². The average molecular weight is 334 g/mol. The van der Waals surface area contributed by atoms with Gasteiger partial charge in [-0.2, -0.15) is 0 Å². The van der Waals surface area contributed by atoms with E-state index in [4.69, 9.17) is 23.2 Å². The van der Waals surface area contributed by atoms with Crippen molar-refractivity contribution in [1.29, 1.82) is 0 Å². The molecule has 0 aliphatic heterocycles. The lowest BCUT2D eigenvalue weighted by Gasteiger charge is -2.14. The number of hydrogen-bond donors (Lipinski definition) is 0. The van der Waals surface area contributed by atoms with Crippen molar-refractivity contribution in [2.24, 2.45) is 0 Å². The van der Waals surface area contributed by atoms with Gasteiger partial charge in [-0.05, 0) is 25.1 Å². The van der Waals surface area contributed by atoms with Crippen molar-refractivity contribution in [1.82, 2.24) is 4.57 Å². The van der Waals surface area contributed by atoms with Crippen molar-refractivity contribution in [3.63, 3.8) is 0 Å². The highest BCUT2D eigenvalue weighted by molar-refractivity contribution is 6.39. The van der Waals surface area contributed by atoms with Gasteiger partial charge < -0.3 is 0 Å². The molecule has 0 fully saturated rings. The number of pyridine rings is 1. The summed E-state index contributed by atoms with van der Waals surface area (Å²) >= 11 is 12.6. The van der Waals surface area contributed by atoms with Crippen LogP contribution < -0.4 is 5.56 Å². The zero-order chi connectivity index (χ0) is 16.3. The highest BCUT2D eigenvalue weighted by Gasteiger charge is 2.15. The molecule has 0 amide bonds. The molecule has 3 aromatic rings. The molecule has 0 saturated heterocycles. The fraction of sp³-hybridized carbons (Fsp3) is 0.167. The molecule has 4 heteroatoms. The highest BCUT2D eigenvalue weighted by atomic mass is 35.5. The predicted molar refractivity (Wildman–Crippen MR) is 95.7 cm³/mol. The van der Waals surface area contributed by atoms with Gasteiger partial charge in [-0.15, -0.1) is 0 Å². The van der Waals surface area contributed by atoms with Crippen LogP contribution in [0.4, 0.5) is 0 Å². The summed E-state index contributed by atoms with van der Waals surface area (Å²) in [7, 11) is 0. The Morgan fingerprint density at radius 3 is 2.18 bits per heavy atom. The van der Waals surface area contributed by atoms with Crippen molar-refractivity contribution in [3.05, 3.63) is 74.6 Å². The third-order valence-electron chi connectivity index (χ3n) is 3.33. The van der Waals surface area contributed by atoms with E-state index < -0.39 is 0 Å². The molecule has 22 heavy (non-hydrogen) atoms. The van der Waals surface area contributed by atoms with Crippen LogP contribution in [-0.4, -0.2) is 4.57 Å². The lowest BCUT2D eigenvalue weighted by atomic mass is 10.1. The minimum absolute atomic E-state index is 0.154. The molecule has 2 aromatic carbocycles. The Balaban J connectivity index is 0.000000847. The third kappa shape index (κ3) is 2.77. The summed E-state index contributed by atoms with van der Waals surface area (Å²) in [6.45, 7) is 5.83. The quantitative estimate of drug-likeness (QED) is 0.565. The summed E-state index contributed by atoms with van der Waals surface area (Å²) in [6, 6.07) is 14.7. The van der Waals surface area contributed by atoms with Crippen molar-refractivity contribution >= 4 is 34.0 Å². The Bertz CT molecular complexity index is 854. The second-order valence-electron chi connectivity index (χ2n) is 4.54. The predicted octanol–water partition coefficient (Wildman–Crippen LogP) is 5.63. The van der Waals surface area contributed by atoms with Crippen LogP contribution in [0.1, 0.15) is 19.5 Å². The van der Waals surface area contributed by atoms with Gasteiger partial charge in [-0.1, -0.05) is 67.4 Å². The van der Waals surface area contributed by atoms with Crippen LogP contribution in [0.25, 0.3) is 16.5 Å². The van der Waals surface area contributed by atoms with Gasteiger partial charge in [0.1, 0.15) is 0 Å². The molecule has 0 atom stereocenters. The standard InChI is InChI=1S/C16H11Cl2NO.C2H6/c1-10-15(18)12-8-5-9-13(17)14(12)16(20)19(10)11-6-3-2-4-7-11;1-2/h2-9H,1H3;1-2H3. The number of aromatic nitrogens is 1. The van der Waals surface area contributed by atoms with Crippen LogP contribution in [0, 0.1) is 6.92 Å². The molecule has 2 nitrogen and oxygen atoms in total. The second-order valence-corrected chi connectivity index (χ2v) is 5.32. The fourth-order valence-electron chi connectivity index (χ4n) is 2.37. The van der Waals surface area contributed by atoms with Crippen molar-refractivity contribution < 1.29 is 0 Å². The van der Waals surface area contributed by atoms with E-state index in [1.54, 1.807) is 16.7 Å². The molecule has 0 aliphatic carbocycles. The molecular formula is C18H17Cl2NO. The van der Waals surface area contributed by atoms with Gasteiger partial charge in [0.25, 0.3) is 5.56 Å². The first-order chi connectivity index (χ1) is 10.6. The summed E-state index contributed by atoms with van der Waals surface area (Å²) in [4.78, 5) is 12.7. The van der Waals surface area contributed by atoms with Gasteiger partial charge in [-0.3, -0.25) is 9.36 Å². The van der Waals surface area contributed by atoms with Crippen LogP contribution in [-0.2, 0) is 0 Å². The smallest absolute Gasteiger partial charge is 0.264 e. The van der Waals surface area contributed by atoms with Gasteiger partial charge in [0.15, 0.2) is 0 Å². The minimum Gasteiger partial charge on any atom is -0.279 e. The lowest BCUT2D eigenvalue weighted by Crippen LogP contribution is -2.21. The van der Waals surface area contributed by atoms with Crippen LogP contribution in [0.2, 0.25) is 10.0 Å². The molecule has 0 spiro atoms. The van der Waals surface area contributed by atoms with Crippen molar-refractivity contribution in [2.75, 3.05) is 0 Å². The summed E-state index contributed by atoms with van der Waals surface area (Å²) < 4.78 is 1.59. The Kier molecular flexibility index (Phi) is 5.28. The molecule has 1 heterocycles. The fourth-order valence-corrected chi connectivity index (χ4v) is 2.87. The first-order valence-electron chi connectivity index (χ1n) is 7.16. The minimum atomic E-state index is -0.154. The van der Waals surface area contributed by atoms with E-state index in [1.807, 2.05) is 57.2 Å². The van der Waals surface area contributed by atoms with E-state index in [-0.39, 0.29) is 5.56 Å². The summed E-state index contributed by atoms with van der Waals surface area (Å²) in [6.07, 6.45) is 0. The molecule has 3 rings (SSSR count). The number of nitrogens with zero attached hydrogens (tertiary/aromatic N) is 1. The van der Waals surface area contributed by atoms with Crippen LogP contribution >= 0.6 is 23.2 Å². The zero-order valence-corrected chi connectivity index (χ0v) is 14.2. The van der Waals surface area contributed by atoms with Gasteiger partial charge in [0.05, 0.1) is 15.4 Å². The Hall–Kier alpha value is -1.77. The van der Waals surface area contributed by atoms with E-state index in [2.05, 4.69) is 0 Å². The lowest BCUT2D eigenvalue weighted by molar-refractivity contribution is 0.951. The molecule has 0 aliphatic rings. The molecular weight excluding hydrogens is 317 g/mol. The summed E-state index contributed by atoms with van der Waals surface area (Å²) in [5.74, 6) is 0. The maximum Gasteiger partial charge on any atom is 0.264 e. The number of rotatable bonds is 1. The first-order valence-corrected chi connectivity index (χ1v) is 7.91. The zero-order valence-electron chi connectivity index (χ0n) is 12.7. The maximum absolute atomic E-state index is 12.7. The SMILES string of the molecule is CC.Cc1c(Cl)c2cccc(Cl)c2c(=O)n1-c1ccccc1. The number of benzene rings is 2. The van der Waals surface area contributed by atoms with Crippen LogP contribution in [0.15, 0.2) is 53.3 Å². The van der Waals surface area contributed by atoms with Crippen molar-refractivity contribution in [2.45, 2.75) is 20.8 Å². The molecule has 0 radical (unpaired) electrons. The number of halogens is 2. The van der Waals surface area contributed by atoms with Gasteiger partial charge >= 0.3 is 0 Å². The largest absolute Gasteiger partial charge is 0.279 e. The normalized spacial score (nSPS) is 10.2. The summed E-state index contributed by atoms with van der Waals surface area (Å²) in [5.41, 5.74) is 1.33. The van der Waals surface area contributed by atoms with E-state index >= 15 is 0 Å². The number of fused-ring (bicyclic) bond motifs is 1. The number of para-hydroxylation sites is 1. The maximum atomic E-state index is 12.7. The third-order valence-corrected chi connectivity index (χ3v) is 4.13. The van der Waals surface area contributed by atoms with Crippen LogP contribution in [0.3, 0.4) is 0 Å². The Morgan fingerprint density at radius 2 is 1.55 bits per heavy atom. The monoisotopic (exact) mass is 333 g/mol. The topological polar surface area (TPSA) is 22.0 Å². The molecule has 0 bridgehead atoms. The second kappa shape index (κ2) is 6.99. The van der Waals surface area contributed by atoms with Gasteiger partial charge in [0, 0.05) is 16.8 Å². The molecule has 0 saturated carbocycles. The first kappa shape index (κ1) is 16.6. The highest BCUT2D eigenvalue weighted by Crippen LogP contribution is 2.29. The molecule has 0 N–H and O–H groups in total. The molecule has 0 unspecified atom stereocenters. The van der Waals surface area contributed by atoms with Gasteiger partial charge in [-0.25, -0.2) is 0 Å². The Labute approximate surface area is 139 Å². The van der Waals surface area contributed by atoms with E-state index in [0.29, 0.717) is 26.5 Å². The average Bonchev–Trinajstić information content (AvgIpc) is 2.55. The Morgan fingerprint density at radius 1 is 0.909 bits per heavy atom. The van der Waals surface area contributed by atoms with E-state index in [0.717, 1.165) is 5.69 Å². The summed E-state index contributed by atoms with van der Waals surface area (Å²) in [5, 5.41) is 2.10. The molecule has 114 valence electrons. The van der Waals surface area contributed by atoms with Crippen molar-refractivity contribution in [3.8, 4) is 5.69 Å². The van der Waals surface area contributed by atoms with Crippen LogP contribution in [0.5, 0.6) is 0 Å².